The number of unbranched alkanes of at least 4 members (excludes halogenated alkanes) is 3. The average Bonchev–Trinajstić information content (AvgIpc) is 2.53. The number of rotatable bonds is 12. The van der Waals surface area contributed by atoms with Crippen LogP contribution in [-0.2, 0) is 9.59 Å². The number of nitrogens with one attached hydrogen (secondary N) is 3. The standard InChI is InChI=1S/C18H29N3O2/c1-15-8-7-9-16(2)18(15)21-17(23)14-20-11-6-4-3-5-10-19-12-13-22/h7-9,13,19-20H,3-6,10-12,14H2,1-2H3,(H,21,23). The molecule has 1 aromatic carbocycles. The van der Waals surface area contributed by atoms with Gasteiger partial charge < -0.3 is 20.7 Å². The summed E-state index contributed by atoms with van der Waals surface area (Å²) in [4.78, 5) is 22.1. The Kier molecular flexibility index (Phi) is 9.91. The Morgan fingerprint density at radius 3 is 2.22 bits per heavy atom. The minimum absolute atomic E-state index is 0.000429. The van der Waals surface area contributed by atoms with E-state index in [2.05, 4.69) is 16.0 Å². The maximum absolute atomic E-state index is 11.9. The number of amides is 1. The monoisotopic (exact) mass is 319 g/mol. The van der Waals surface area contributed by atoms with Crippen molar-refractivity contribution in [1.82, 2.24) is 10.6 Å². The zero-order valence-electron chi connectivity index (χ0n) is 14.3. The second-order valence-electron chi connectivity index (χ2n) is 5.78. The van der Waals surface area contributed by atoms with E-state index >= 15 is 0 Å². The summed E-state index contributed by atoms with van der Waals surface area (Å²) in [5.41, 5.74) is 3.09. The van der Waals surface area contributed by atoms with Crippen molar-refractivity contribution in [2.75, 3.05) is 31.5 Å². The highest BCUT2D eigenvalue weighted by molar-refractivity contribution is 5.93. The molecule has 0 aliphatic carbocycles. The van der Waals surface area contributed by atoms with Gasteiger partial charge in [-0.05, 0) is 50.9 Å². The van der Waals surface area contributed by atoms with Gasteiger partial charge in [0.15, 0.2) is 0 Å². The Morgan fingerprint density at radius 1 is 1.00 bits per heavy atom. The van der Waals surface area contributed by atoms with Crippen LogP contribution in [0.5, 0.6) is 0 Å². The van der Waals surface area contributed by atoms with E-state index in [0.29, 0.717) is 13.1 Å². The van der Waals surface area contributed by atoms with Crippen LogP contribution in [0.15, 0.2) is 18.2 Å². The van der Waals surface area contributed by atoms with Crippen molar-refractivity contribution in [2.45, 2.75) is 39.5 Å². The van der Waals surface area contributed by atoms with E-state index in [4.69, 9.17) is 0 Å². The van der Waals surface area contributed by atoms with Crippen molar-refractivity contribution in [1.29, 1.82) is 0 Å². The predicted molar refractivity (Wildman–Crippen MR) is 94.8 cm³/mol. The average molecular weight is 319 g/mol. The van der Waals surface area contributed by atoms with Gasteiger partial charge in [0, 0.05) is 5.69 Å². The Labute approximate surface area is 139 Å². The van der Waals surface area contributed by atoms with Crippen LogP contribution >= 0.6 is 0 Å². The lowest BCUT2D eigenvalue weighted by Gasteiger charge is -2.11. The highest BCUT2D eigenvalue weighted by Gasteiger charge is 2.06. The van der Waals surface area contributed by atoms with Crippen LogP contribution in [0, 0.1) is 13.8 Å². The van der Waals surface area contributed by atoms with Gasteiger partial charge in [-0.2, -0.15) is 0 Å². The van der Waals surface area contributed by atoms with Crippen molar-refractivity contribution in [2.24, 2.45) is 0 Å². The molecule has 0 aromatic heterocycles. The van der Waals surface area contributed by atoms with Gasteiger partial charge >= 0.3 is 0 Å². The molecule has 5 nitrogen and oxygen atoms in total. The normalized spacial score (nSPS) is 10.5. The highest BCUT2D eigenvalue weighted by atomic mass is 16.1. The predicted octanol–water partition coefficient (Wildman–Crippen LogP) is 2.18. The molecule has 0 spiro atoms. The first kappa shape index (κ1) is 19.3. The number of aldehydes is 1. The van der Waals surface area contributed by atoms with Crippen molar-refractivity contribution < 1.29 is 9.59 Å². The number of anilines is 1. The summed E-state index contributed by atoms with van der Waals surface area (Å²) in [5, 5.41) is 9.20. The van der Waals surface area contributed by atoms with Crippen LogP contribution in [0.25, 0.3) is 0 Å². The van der Waals surface area contributed by atoms with Crippen LogP contribution in [0.2, 0.25) is 0 Å². The molecule has 0 heterocycles. The molecule has 0 fully saturated rings. The van der Waals surface area contributed by atoms with Crippen molar-refractivity contribution >= 4 is 17.9 Å². The number of aryl methyl sites for hydroxylation is 2. The fourth-order valence-electron chi connectivity index (χ4n) is 2.41. The second-order valence-corrected chi connectivity index (χ2v) is 5.78. The molecule has 0 saturated heterocycles. The largest absolute Gasteiger partial charge is 0.324 e. The third kappa shape index (κ3) is 8.47. The fourth-order valence-corrected chi connectivity index (χ4v) is 2.41. The van der Waals surface area contributed by atoms with Gasteiger partial charge in [-0.25, -0.2) is 0 Å². The summed E-state index contributed by atoms with van der Waals surface area (Å²) < 4.78 is 0. The quantitative estimate of drug-likeness (QED) is 0.408. The van der Waals surface area contributed by atoms with E-state index in [1.807, 2.05) is 32.0 Å². The number of para-hydroxylation sites is 1. The van der Waals surface area contributed by atoms with Crippen molar-refractivity contribution in [3.05, 3.63) is 29.3 Å². The van der Waals surface area contributed by atoms with Gasteiger partial charge in [0.05, 0.1) is 13.1 Å². The summed E-state index contributed by atoms with van der Waals surface area (Å²) in [7, 11) is 0. The molecule has 0 aliphatic heterocycles. The Balaban J connectivity index is 2.05. The third-order valence-corrected chi connectivity index (χ3v) is 3.72. The minimum atomic E-state index is 0.000429. The zero-order valence-corrected chi connectivity index (χ0v) is 14.3. The van der Waals surface area contributed by atoms with E-state index in [1.54, 1.807) is 0 Å². The van der Waals surface area contributed by atoms with Crippen LogP contribution in [0.4, 0.5) is 5.69 Å². The molecule has 1 rings (SSSR count). The summed E-state index contributed by atoms with van der Waals surface area (Å²) >= 11 is 0. The van der Waals surface area contributed by atoms with Gasteiger partial charge in [0.1, 0.15) is 6.29 Å². The summed E-state index contributed by atoms with van der Waals surface area (Å²) in [6, 6.07) is 5.99. The molecule has 0 unspecified atom stereocenters. The SMILES string of the molecule is Cc1cccc(C)c1NC(=O)CNCCCCCCNCC=O. The fraction of sp³-hybridized carbons (Fsp3) is 0.556. The van der Waals surface area contributed by atoms with Gasteiger partial charge in [-0.3, -0.25) is 4.79 Å². The number of carbonyl (C=O) groups excluding carboxylic acids is 2. The molecular formula is C18H29N3O2. The van der Waals surface area contributed by atoms with Crippen LogP contribution < -0.4 is 16.0 Å². The van der Waals surface area contributed by atoms with Gasteiger partial charge in [-0.1, -0.05) is 31.0 Å². The molecule has 128 valence electrons. The van der Waals surface area contributed by atoms with Crippen molar-refractivity contribution in [3.63, 3.8) is 0 Å². The molecule has 0 bridgehead atoms. The lowest BCUT2D eigenvalue weighted by atomic mass is 10.1. The molecule has 0 radical (unpaired) electrons. The van der Waals surface area contributed by atoms with Crippen LogP contribution in [0.3, 0.4) is 0 Å². The molecule has 23 heavy (non-hydrogen) atoms. The molecule has 3 N–H and O–H groups in total. The highest BCUT2D eigenvalue weighted by Crippen LogP contribution is 2.18. The first-order chi connectivity index (χ1) is 11.1. The molecule has 0 atom stereocenters. The molecule has 5 heteroatoms. The molecule has 0 saturated carbocycles. The van der Waals surface area contributed by atoms with E-state index in [0.717, 1.165) is 61.9 Å². The van der Waals surface area contributed by atoms with Crippen LogP contribution in [0.1, 0.15) is 36.8 Å². The van der Waals surface area contributed by atoms with Gasteiger partial charge in [0.2, 0.25) is 5.91 Å². The molecule has 0 aliphatic rings. The van der Waals surface area contributed by atoms with Gasteiger partial charge in [0.25, 0.3) is 0 Å². The first-order valence-electron chi connectivity index (χ1n) is 8.36. The van der Waals surface area contributed by atoms with E-state index in [-0.39, 0.29) is 5.91 Å². The Bertz CT molecular complexity index is 469. The maximum atomic E-state index is 11.9. The van der Waals surface area contributed by atoms with Crippen LogP contribution in [-0.4, -0.2) is 38.4 Å². The zero-order chi connectivity index (χ0) is 16.9. The topological polar surface area (TPSA) is 70.2 Å². The molecule has 1 amide bonds. The summed E-state index contributed by atoms with van der Waals surface area (Å²) in [5.74, 6) is 0.000429. The summed E-state index contributed by atoms with van der Waals surface area (Å²) in [6.45, 7) is 6.53. The lowest BCUT2D eigenvalue weighted by molar-refractivity contribution is -0.115. The first-order valence-corrected chi connectivity index (χ1v) is 8.36. The number of hydrogen-bond donors (Lipinski definition) is 3. The molecular weight excluding hydrogens is 290 g/mol. The Morgan fingerprint density at radius 2 is 1.61 bits per heavy atom. The summed E-state index contributed by atoms with van der Waals surface area (Å²) in [6.07, 6.45) is 5.30. The number of carbonyl (C=O) groups is 2. The maximum Gasteiger partial charge on any atom is 0.238 e. The number of benzene rings is 1. The Hall–Kier alpha value is -1.72. The van der Waals surface area contributed by atoms with E-state index in [9.17, 15) is 9.59 Å². The lowest BCUT2D eigenvalue weighted by Crippen LogP contribution is -2.29. The van der Waals surface area contributed by atoms with E-state index in [1.165, 1.54) is 0 Å². The number of hydrogen-bond acceptors (Lipinski definition) is 4. The third-order valence-electron chi connectivity index (χ3n) is 3.72. The van der Waals surface area contributed by atoms with Crippen molar-refractivity contribution in [3.8, 4) is 0 Å². The van der Waals surface area contributed by atoms with Gasteiger partial charge in [-0.15, -0.1) is 0 Å². The smallest absolute Gasteiger partial charge is 0.238 e. The van der Waals surface area contributed by atoms with E-state index < -0.39 is 0 Å². The second kappa shape index (κ2) is 11.8. The molecule has 1 aromatic rings. The minimum Gasteiger partial charge on any atom is -0.324 e.